The quantitative estimate of drug-likeness (QED) is 0.863. The minimum atomic E-state index is 0.0777. The van der Waals surface area contributed by atoms with Gasteiger partial charge >= 0.3 is 0 Å². The molecule has 0 saturated carbocycles. The molecule has 1 saturated heterocycles. The number of amides is 1. The molecule has 0 unspecified atom stereocenters. The largest absolute Gasteiger partial charge is 0.381 e. The molecule has 0 aliphatic carbocycles. The van der Waals surface area contributed by atoms with E-state index < -0.39 is 0 Å². The maximum Gasteiger partial charge on any atom is 0.223 e. The Kier molecular flexibility index (Phi) is 4.57. The smallest absolute Gasteiger partial charge is 0.223 e. The second-order valence-electron chi connectivity index (χ2n) is 7.13. The fraction of sp³-hybridized carbons (Fsp3) is 0.500. The van der Waals surface area contributed by atoms with Gasteiger partial charge in [-0.2, -0.15) is 0 Å². The van der Waals surface area contributed by atoms with Crippen molar-refractivity contribution in [1.29, 1.82) is 0 Å². The van der Waals surface area contributed by atoms with Crippen molar-refractivity contribution in [3.8, 4) is 0 Å². The van der Waals surface area contributed by atoms with Crippen LogP contribution in [0.1, 0.15) is 42.4 Å². The highest BCUT2D eigenvalue weighted by atomic mass is 16.5. The van der Waals surface area contributed by atoms with E-state index in [1.54, 1.807) is 0 Å². The number of carbonyl (C=O) groups excluding carboxylic acids is 1. The number of fused-ring (bicyclic) bond motifs is 1. The molecule has 0 N–H and O–H groups in total. The maximum absolute atomic E-state index is 13.1. The first-order valence-electron chi connectivity index (χ1n) is 9.15. The maximum atomic E-state index is 13.1. The number of ether oxygens (including phenoxy) is 1. The molecule has 5 nitrogen and oxygen atoms in total. The first-order chi connectivity index (χ1) is 12.2. The third kappa shape index (κ3) is 3.33. The Labute approximate surface area is 148 Å². The van der Waals surface area contributed by atoms with E-state index in [-0.39, 0.29) is 11.9 Å². The zero-order valence-electron chi connectivity index (χ0n) is 14.7. The first kappa shape index (κ1) is 16.3. The minimum absolute atomic E-state index is 0.0777. The lowest BCUT2D eigenvalue weighted by atomic mass is 9.94. The number of hydrogen-bond donors (Lipinski definition) is 0. The molecule has 4 rings (SSSR count). The molecular weight excluding hydrogens is 314 g/mol. The van der Waals surface area contributed by atoms with Crippen LogP contribution in [0.15, 0.2) is 36.5 Å². The highest BCUT2D eigenvalue weighted by Crippen LogP contribution is 2.32. The molecule has 1 fully saturated rings. The van der Waals surface area contributed by atoms with E-state index in [4.69, 9.17) is 4.74 Å². The summed E-state index contributed by atoms with van der Waals surface area (Å²) in [5.41, 5.74) is 2.36. The van der Waals surface area contributed by atoms with Crippen LogP contribution in [-0.2, 0) is 22.6 Å². The van der Waals surface area contributed by atoms with Crippen LogP contribution in [0.4, 0.5) is 0 Å². The summed E-state index contributed by atoms with van der Waals surface area (Å²) in [6.45, 7) is 5.02. The number of nitrogens with zero attached hydrogens (tertiary/aromatic N) is 3. The van der Waals surface area contributed by atoms with Gasteiger partial charge in [-0.3, -0.25) is 4.79 Å². The number of hydrogen-bond acceptors (Lipinski definition) is 3. The molecule has 132 valence electrons. The average molecular weight is 339 g/mol. The Morgan fingerprint density at radius 3 is 2.76 bits per heavy atom. The molecule has 0 radical (unpaired) electrons. The van der Waals surface area contributed by atoms with Crippen LogP contribution in [0.3, 0.4) is 0 Å². The molecular formula is C20H25N3O2. The SMILES string of the molecule is Cc1cnc2n1C[C@@H](c1ccccc1)N(C(=O)CC1CCOCC1)C2. The predicted molar refractivity (Wildman–Crippen MR) is 94.9 cm³/mol. The Morgan fingerprint density at radius 1 is 1.24 bits per heavy atom. The highest BCUT2D eigenvalue weighted by molar-refractivity contribution is 5.77. The molecule has 0 bridgehead atoms. The van der Waals surface area contributed by atoms with Crippen molar-refractivity contribution in [3.63, 3.8) is 0 Å². The summed E-state index contributed by atoms with van der Waals surface area (Å²) in [4.78, 5) is 19.7. The fourth-order valence-electron chi connectivity index (χ4n) is 3.96. The Hall–Kier alpha value is -2.14. The Balaban J connectivity index is 1.59. The number of imidazole rings is 1. The van der Waals surface area contributed by atoms with Crippen molar-refractivity contribution < 1.29 is 9.53 Å². The van der Waals surface area contributed by atoms with Crippen LogP contribution in [0.5, 0.6) is 0 Å². The van der Waals surface area contributed by atoms with Crippen LogP contribution < -0.4 is 0 Å². The van der Waals surface area contributed by atoms with Gasteiger partial charge in [-0.25, -0.2) is 4.98 Å². The van der Waals surface area contributed by atoms with Crippen LogP contribution in [0.2, 0.25) is 0 Å². The molecule has 2 aromatic rings. The third-order valence-electron chi connectivity index (χ3n) is 5.49. The molecule has 1 amide bonds. The monoisotopic (exact) mass is 339 g/mol. The van der Waals surface area contributed by atoms with E-state index in [1.807, 2.05) is 29.3 Å². The third-order valence-corrected chi connectivity index (χ3v) is 5.49. The second-order valence-corrected chi connectivity index (χ2v) is 7.13. The van der Waals surface area contributed by atoms with Gasteiger partial charge in [0.15, 0.2) is 0 Å². The van der Waals surface area contributed by atoms with Crippen molar-refractivity contribution in [2.45, 2.75) is 45.3 Å². The summed E-state index contributed by atoms with van der Waals surface area (Å²) >= 11 is 0. The van der Waals surface area contributed by atoms with Crippen LogP contribution in [0, 0.1) is 12.8 Å². The van der Waals surface area contributed by atoms with Crippen LogP contribution in [-0.4, -0.2) is 33.6 Å². The number of carbonyl (C=O) groups is 1. The number of aromatic nitrogens is 2. The molecule has 1 aromatic heterocycles. The topological polar surface area (TPSA) is 47.4 Å². The first-order valence-corrected chi connectivity index (χ1v) is 9.15. The Bertz CT molecular complexity index is 735. The van der Waals surface area contributed by atoms with E-state index in [0.29, 0.717) is 18.9 Å². The van der Waals surface area contributed by atoms with Crippen molar-refractivity contribution >= 4 is 5.91 Å². The number of rotatable bonds is 3. The summed E-state index contributed by atoms with van der Waals surface area (Å²) in [6.07, 6.45) is 4.50. The minimum Gasteiger partial charge on any atom is -0.381 e. The standard InChI is InChI=1S/C20H25N3O2/c1-15-12-21-19-14-23(20(24)11-16-7-9-25-10-8-16)18(13-22(15)19)17-5-3-2-4-6-17/h2-6,12,16,18H,7-11,13-14H2,1H3/t18-/m0/s1. The number of benzene rings is 1. The van der Waals surface area contributed by atoms with E-state index in [2.05, 4.69) is 28.6 Å². The normalized spacial score (nSPS) is 21.2. The summed E-state index contributed by atoms with van der Waals surface area (Å²) < 4.78 is 7.67. The molecule has 3 heterocycles. The molecule has 2 aliphatic rings. The lowest BCUT2D eigenvalue weighted by Crippen LogP contribution is -2.42. The van der Waals surface area contributed by atoms with Crippen LogP contribution in [0.25, 0.3) is 0 Å². The Morgan fingerprint density at radius 2 is 2.00 bits per heavy atom. The zero-order chi connectivity index (χ0) is 17.2. The average Bonchev–Trinajstić information content (AvgIpc) is 3.02. The van der Waals surface area contributed by atoms with Gasteiger partial charge < -0.3 is 14.2 Å². The van der Waals surface area contributed by atoms with Gasteiger partial charge in [0.1, 0.15) is 5.82 Å². The second kappa shape index (κ2) is 7.00. The molecule has 0 spiro atoms. The zero-order valence-corrected chi connectivity index (χ0v) is 14.7. The predicted octanol–water partition coefficient (Wildman–Crippen LogP) is 3.09. The number of aryl methyl sites for hydroxylation is 1. The molecule has 1 aromatic carbocycles. The summed E-state index contributed by atoms with van der Waals surface area (Å²) in [6, 6.07) is 10.4. The van der Waals surface area contributed by atoms with Crippen LogP contribution >= 0.6 is 0 Å². The molecule has 1 atom stereocenters. The van der Waals surface area contributed by atoms with Gasteiger partial charge in [0.05, 0.1) is 12.6 Å². The summed E-state index contributed by atoms with van der Waals surface area (Å²) in [5.74, 6) is 1.68. The van der Waals surface area contributed by atoms with Gasteiger partial charge in [0.25, 0.3) is 0 Å². The highest BCUT2D eigenvalue weighted by Gasteiger charge is 2.33. The summed E-state index contributed by atoms with van der Waals surface area (Å²) in [7, 11) is 0. The van der Waals surface area contributed by atoms with Gasteiger partial charge in [-0.1, -0.05) is 30.3 Å². The van der Waals surface area contributed by atoms with E-state index >= 15 is 0 Å². The van der Waals surface area contributed by atoms with Crippen molar-refractivity contribution in [2.75, 3.05) is 13.2 Å². The summed E-state index contributed by atoms with van der Waals surface area (Å²) in [5, 5.41) is 0. The van der Waals surface area contributed by atoms with Gasteiger partial charge in [0.2, 0.25) is 5.91 Å². The van der Waals surface area contributed by atoms with Crippen molar-refractivity contribution in [1.82, 2.24) is 14.5 Å². The van der Waals surface area contributed by atoms with Gasteiger partial charge in [0, 0.05) is 38.1 Å². The van der Waals surface area contributed by atoms with Gasteiger partial charge in [-0.05, 0) is 31.2 Å². The molecule has 2 aliphatic heterocycles. The van der Waals surface area contributed by atoms with E-state index in [1.165, 1.54) is 5.56 Å². The van der Waals surface area contributed by atoms with Gasteiger partial charge in [-0.15, -0.1) is 0 Å². The molecule has 25 heavy (non-hydrogen) atoms. The van der Waals surface area contributed by atoms with E-state index in [0.717, 1.165) is 44.1 Å². The van der Waals surface area contributed by atoms with Crippen molar-refractivity contribution in [2.24, 2.45) is 5.92 Å². The molecule has 5 heteroatoms. The lowest BCUT2D eigenvalue weighted by molar-refractivity contribution is -0.137. The van der Waals surface area contributed by atoms with E-state index in [9.17, 15) is 4.79 Å². The van der Waals surface area contributed by atoms with Crippen molar-refractivity contribution in [3.05, 3.63) is 53.6 Å². The lowest BCUT2D eigenvalue weighted by Gasteiger charge is -2.38. The fourth-order valence-corrected chi connectivity index (χ4v) is 3.96.